The van der Waals surface area contributed by atoms with Crippen molar-refractivity contribution in [1.29, 1.82) is 0 Å². The van der Waals surface area contributed by atoms with Crippen LogP contribution in [-0.2, 0) is 4.74 Å². The third-order valence-corrected chi connectivity index (χ3v) is 4.02. The fraction of sp³-hybridized carbons (Fsp3) is 0.571. The van der Waals surface area contributed by atoms with Crippen molar-refractivity contribution < 1.29 is 9.13 Å². The van der Waals surface area contributed by atoms with Gasteiger partial charge in [-0.15, -0.1) is 0 Å². The number of anilines is 1. The molecule has 1 atom stereocenters. The van der Waals surface area contributed by atoms with Crippen LogP contribution in [-0.4, -0.2) is 17.2 Å². The van der Waals surface area contributed by atoms with Gasteiger partial charge in [-0.25, -0.2) is 4.39 Å². The van der Waals surface area contributed by atoms with Crippen molar-refractivity contribution in [3.63, 3.8) is 0 Å². The third-order valence-electron chi connectivity index (χ3n) is 3.33. The Morgan fingerprint density at radius 3 is 2.56 bits per heavy atom. The summed E-state index contributed by atoms with van der Waals surface area (Å²) in [5, 5.41) is 3.38. The molecular weight excluding hydrogens is 297 g/mol. The number of nitrogens with one attached hydrogen (secondary N) is 1. The maximum Gasteiger partial charge on any atom is 0.125 e. The summed E-state index contributed by atoms with van der Waals surface area (Å²) in [5.41, 5.74) is 0.352. The fourth-order valence-electron chi connectivity index (χ4n) is 2.58. The topological polar surface area (TPSA) is 21.3 Å². The zero-order valence-electron chi connectivity index (χ0n) is 11.2. The summed E-state index contributed by atoms with van der Waals surface area (Å²) in [4.78, 5) is 0. The summed E-state index contributed by atoms with van der Waals surface area (Å²) in [6.07, 6.45) is 0.892. The molecule has 2 nitrogen and oxygen atoms in total. The van der Waals surface area contributed by atoms with E-state index in [1.807, 2.05) is 0 Å². The Kier molecular flexibility index (Phi) is 3.45. The first kappa shape index (κ1) is 13.8. The minimum atomic E-state index is -0.269. The lowest BCUT2D eigenvalue weighted by atomic mass is 9.94. The summed E-state index contributed by atoms with van der Waals surface area (Å²) in [6, 6.07) is 4.82. The van der Waals surface area contributed by atoms with Crippen LogP contribution in [0.15, 0.2) is 22.7 Å². The molecule has 18 heavy (non-hydrogen) atoms. The molecule has 1 aliphatic rings. The van der Waals surface area contributed by atoms with Gasteiger partial charge in [-0.2, -0.15) is 0 Å². The molecule has 0 radical (unpaired) electrons. The quantitative estimate of drug-likeness (QED) is 0.876. The molecule has 0 spiro atoms. The number of rotatable bonds is 2. The van der Waals surface area contributed by atoms with Crippen molar-refractivity contribution in [3.8, 4) is 0 Å². The molecule has 1 fully saturated rings. The molecular formula is C14H19BrFNO. The van der Waals surface area contributed by atoms with Crippen LogP contribution >= 0.6 is 15.9 Å². The summed E-state index contributed by atoms with van der Waals surface area (Å²) in [6.45, 7) is 8.29. The van der Waals surface area contributed by atoms with Crippen LogP contribution < -0.4 is 5.32 Å². The second kappa shape index (κ2) is 4.49. The normalized spacial score (nSPS) is 25.1. The highest BCUT2D eigenvalue weighted by atomic mass is 79.9. The molecule has 100 valence electrons. The molecule has 1 heterocycles. The van der Waals surface area contributed by atoms with Crippen molar-refractivity contribution in [1.82, 2.24) is 0 Å². The Balaban J connectivity index is 2.21. The van der Waals surface area contributed by atoms with Gasteiger partial charge >= 0.3 is 0 Å². The molecule has 1 saturated heterocycles. The highest BCUT2D eigenvalue weighted by Crippen LogP contribution is 2.39. The average Bonchev–Trinajstić information content (AvgIpc) is 2.40. The number of halogens is 2. The first-order valence-corrected chi connectivity index (χ1v) is 6.91. The molecule has 1 aliphatic heterocycles. The van der Waals surface area contributed by atoms with Crippen molar-refractivity contribution in [2.45, 2.75) is 51.4 Å². The largest absolute Gasteiger partial charge is 0.378 e. The molecule has 0 aliphatic carbocycles. The van der Waals surface area contributed by atoms with Gasteiger partial charge in [-0.3, -0.25) is 0 Å². The number of ether oxygens (including phenoxy) is 1. The molecule has 0 bridgehead atoms. The molecule has 0 amide bonds. The standard InChI is InChI=1S/C14H19BrFNO/c1-13(2)8-12(14(3,4)18-13)17-11-7-9(16)5-6-10(11)15/h5-7,12,17H,8H2,1-4H3. The molecule has 1 aromatic rings. The van der Waals surface area contributed by atoms with Gasteiger partial charge in [0.1, 0.15) is 5.82 Å². The van der Waals surface area contributed by atoms with E-state index in [1.165, 1.54) is 12.1 Å². The zero-order chi connectivity index (χ0) is 13.6. The first-order valence-electron chi connectivity index (χ1n) is 6.11. The average molecular weight is 316 g/mol. The van der Waals surface area contributed by atoms with Crippen molar-refractivity contribution >= 4 is 21.6 Å². The van der Waals surface area contributed by atoms with Crippen molar-refractivity contribution in [3.05, 3.63) is 28.5 Å². The van der Waals surface area contributed by atoms with E-state index in [4.69, 9.17) is 4.74 Å². The molecule has 1 unspecified atom stereocenters. The predicted octanol–water partition coefficient (Wildman–Crippen LogP) is 4.35. The summed E-state index contributed by atoms with van der Waals surface area (Å²) < 4.78 is 20.2. The lowest BCUT2D eigenvalue weighted by molar-refractivity contribution is -0.0662. The molecule has 2 rings (SSSR count). The Bertz CT molecular complexity index is 459. The summed E-state index contributed by atoms with van der Waals surface area (Å²) in [7, 11) is 0. The summed E-state index contributed by atoms with van der Waals surface area (Å²) >= 11 is 3.43. The molecule has 0 aromatic heterocycles. The van der Waals surface area contributed by atoms with E-state index in [1.54, 1.807) is 6.07 Å². The maximum absolute atomic E-state index is 13.3. The fourth-order valence-corrected chi connectivity index (χ4v) is 2.94. The highest BCUT2D eigenvalue weighted by Gasteiger charge is 2.45. The number of hydrogen-bond donors (Lipinski definition) is 1. The molecule has 1 N–H and O–H groups in total. The molecule has 4 heteroatoms. The van der Waals surface area contributed by atoms with Gasteiger partial charge < -0.3 is 10.1 Å². The number of hydrogen-bond acceptors (Lipinski definition) is 2. The van der Waals surface area contributed by atoms with E-state index in [9.17, 15) is 4.39 Å². The predicted molar refractivity (Wildman–Crippen MR) is 75.4 cm³/mol. The zero-order valence-corrected chi connectivity index (χ0v) is 12.8. The van der Waals surface area contributed by atoms with Crippen LogP contribution in [0.1, 0.15) is 34.1 Å². The van der Waals surface area contributed by atoms with Crippen LogP contribution in [0.3, 0.4) is 0 Å². The number of benzene rings is 1. The van der Waals surface area contributed by atoms with Crippen LogP contribution in [0, 0.1) is 5.82 Å². The van der Waals surface area contributed by atoms with E-state index < -0.39 is 0 Å². The summed E-state index contributed by atoms with van der Waals surface area (Å²) in [5.74, 6) is -0.239. The van der Waals surface area contributed by atoms with E-state index in [0.717, 1.165) is 16.6 Å². The third kappa shape index (κ3) is 2.86. The van der Waals surface area contributed by atoms with Crippen LogP contribution in [0.2, 0.25) is 0 Å². The van der Waals surface area contributed by atoms with Gasteiger partial charge in [0.05, 0.1) is 22.9 Å². The molecule has 0 saturated carbocycles. The monoisotopic (exact) mass is 315 g/mol. The Hall–Kier alpha value is -0.610. The minimum absolute atomic E-state index is 0.152. The lowest BCUT2D eigenvalue weighted by Crippen LogP contribution is -2.38. The van der Waals surface area contributed by atoms with Crippen molar-refractivity contribution in [2.75, 3.05) is 5.32 Å². The second-order valence-electron chi connectivity index (χ2n) is 5.99. The lowest BCUT2D eigenvalue weighted by Gasteiger charge is -2.28. The smallest absolute Gasteiger partial charge is 0.125 e. The highest BCUT2D eigenvalue weighted by molar-refractivity contribution is 9.10. The first-order chi connectivity index (χ1) is 8.20. The van der Waals surface area contributed by atoms with E-state index in [-0.39, 0.29) is 23.1 Å². The minimum Gasteiger partial charge on any atom is -0.378 e. The Labute approximate surface area is 116 Å². The van der Waals surface area contributed by atoms with Gasteiger partial charge in [0.2, 0.25) is 0 Å². The SMILES string of the molecule is CC1(C)CC(Nc2cc(F)ccc2Br)C(C)(C)O1. The van der Waals surface area contributed by atoms with Crippen molar-refractivity contribution in [2.24, 2.45) is 0 Å². The molecule has 1 aromatic carbocycles. The Morgan fingerprint density at radius 2 is 2.00 bits per heavy atom. The van der Waals surface area contributed by atoms with Gasteiger partial charge in [0, 0.05) is 4.47 Å². The van der Waals surface area contributed by atoms with Crippen LogP contribution in [0.4, 0.5) is 10.1 Å². The maximum atomic E-state index is 13.3. The van der Waals surface area contributed by atoms with E-state index >= 15 is 0 Å². The van der Waals surface area contributed by atoms with E-state index in [2.05, 4.69) is 48.9 Å². The van der Waals surface area contributed by atoms with Gasteiger partial charge in [0.15, 0.2) is 0 Å². The van der Waals surface area contributed by atoms with Gasteiger partial charge in [-0.05, 0) is 68.2 Å². The van der Waals surface area contributed by atoms with Gasteiger partial charge in [-0.1, -0.05) is 0 Å². The van der Waals surface area contributed by atoms with Crippen LogP contribution in [0.25, 0.3) is 0 Å². The van der Waals surface area contributed by atoms with Gasteiger partial charge in [0.25, 0.3) is 0 Å². The van der Waals surface area contributed by atoms with E-state index in [0.29, 0.717) is 0 Å². The second-order valence-corrected chi connectivity index (χ2v) is 6.84. The van der Waals surface area contributed by atoms with Crippen LogP contribution in [0.5, 0.6) is 0 Å². The Morgan fingerprint density at radius 1 is 1.33 bits per heavy atom.